The number of nitrogens with one attached hydrogen (secondary N) is 1. The Morgan fingerprint density at radius 2 is 2.10 bits per heavy atom. The van der Waals surface area contributed by atoms with E-state index in [0.717, 1.165) is 23.6 Å². The lowest BCUT2D eigenvalue weighted by Gasteiger charge is -2.31. The van der Waals surface area contributed by atoms with Gasteiger partial charge < -0.3 is 11.1 Å². The third-order valence-electron chi connectivity index (χ3n) is 4.25. The number of halogens is 1. The quantitative estimate of drug-likeness (QED) is 0.771. The standard InChI is InChI=1S/C16H23ClN2S/c1-2-14(11-6-4-3-5-7-11)19-15-9-8-12(17)10-13(15)16(18)20/h8-11,14,19H,2-7H2,1H3,(H2,18,20). The van der Waals surface area contributed by atoms with Gasteiger partial charge in [0.25, 0.3) is 0 Å². The Hall–Kier alpha value is -0.800. The highest BCUT2D eigenvalue weighted by molar-refractivity contribution is 7.80. The van der Waals surface area contributed by atoms with Crippen LogP contribution in [0.2, 0.25) is 5.02 Å². The summed E-state index contributed by atoms with van der Waals surface area (Å²) < 4.78 is 0. The van der Waals surface area contributed by atoms with Crippen molar-refractivity contribution in [2.24, 2.45) is 11.7 Å². The zero-order valence-electron chi connectivity index (χ0n) is 12.0. The molecule has 2 rings (SSSR count). The lowest BCUT2D eigenvalue weighted by molar-refractivity contribution is 0.313. The molecule has 1 saturated carbocycles. The molecule has 0 amide bonds. The second-order valence-corrected chi connectivity index (χ2v) is 6.49. The highest BCUT2D eigenvalue weighted by Gasteiger charge is 2.23. The number of benzene rings is 1. The minimum absolute atomic E-state index is 0.397. The summed E-state index contributed by atoms with van der Waals surface area (Å²) in [5.74, 6) is 0.753. The van der Waals surface area contributed by atoms with E-state index < -0.39 is 0 Å². The van der Waals surface area contributed by atoms with Crippen molar-refractivity contribution in [1.82, 2.24) is 0 Å². The summed E-state index contributed by atoms with van der Waals surface area (Å²) in [6.07, 6.45) is 7.84. The van der Waals surface area contributed by atoms with Gasteiger partial charge in [0.1, 0.15) is 4.99 Å². The third-order valence-corrected chi connectivity index (χ3v) is 4.70. The Labute approximate surface area is 132 Å². The fourth-order valence-electron chi connectivity index (χ4n) is 3.14. The van der Waals surface area contributed by atoms with Crippen LogP contribution in [0.4, 0.5) is 5.69 Å². The van der Waals surface area contributed by atoms with Crippen LogP contribution < -0.4 is 11.1 Å². The van der Waals surface area contributed by atoms with Gasteiger partial charge in [-0.25, -0.2) is 0 Å². The Morgan fingerprint density at radius 1 is 1.40 bits per heavy atom. The summed E-state index contributed by atoms with van der Waals surface area (Å²) in [5, 5.41) is 4.32. The molecule has 0 radical (unpaired) electrons. The Morgan fingerprint density at radius 3 is 2.70 bits per heavy atom. The first-order chi connectivity index (χ1) is 9.61. The summed E-state index contributed by atoms with van der Waals surface area (Å²) in [6, 6.07) is 6.21. The molecule has 0 aliphatic heterocycles. The largest absolute Gasteiger partial charge is 0.389 e. The molecule has 110 valence electrons. The fourth-order valence-corrected chi connectivity index (χ4v) is 3.48. The van der Waals surface area contributed by atoms with Crippen molar-refractivity contribution in [2.75, 3.05) is 5.32 Å². The van der Waals surface area contributed by atoms with E-state index in [9.17, 15) is 0 Å². The summed E-state index contributed by atoms with van der Waals surface area (Å²) in [5.41, 5.74) is 7.67. The second-order valence-electron chi connectivity index (χ2n) is 5.61. The predicted molar refractivity (Wildman–Crippen MR) is 91.6 cm³/mol. The zero-order valence-corrected chi connectivity index (χ0v) is 13.6. The second kappa shape index (κ2) is 7.28. The van der Waals surface area contributed by atoms with Gasteiger partial charge in [-0.05, 0) is 43.4 Å². The number of nitrogens with two attached hydrogens (primary N) is 1. The van der Waals surface area contributed by atoms with Crippen LogP contribution >= 0.6 is 23.8 Å². The highest BCUT2D eigenvalue weighted by atomic mass is 35.5. The van der Waals surface area contributed by atoms with E-state index in [1.54, 1.807) is 0 Å². The maximum absolute atomic E-state index is 6.04. The summed E-state index contributed by atoms with van der Waals surface area (Å²) in [7, 11) is 0. The lowest BCUT2D eigenvalue weighted by Crippen LogP contribution is -2.31. The molecule has 0 spiro atoms. The first-order valence-corrected chi connectivity index (χ1v) is 8.26. The van der Waals surface area contributed by atoms with Crippen LogP contribution in [0.3, 0.4) is 0 Å². The van der Waals surface area contributed by atoms with Gasteiger partial charge in [0, 0.05) is 22.3 Å². The first kappa shape index (κ1) is 15.6. The molecular weight excluding hydrogens is 288 g/mol. The van der Waals surface area contributed by atoms with Gasteiger partial charge in [0.2, 0.25) is 0 Å². The van der Waals surface area contributed by atoms with E-state index in [-0.39, 0.29) is 0 Å². The van der Waals surface area contributed by atoms with Crippen LogP contribution in [0.15, 0.2) is 18.2 Å². The molecule has 1 unspecified atom stereocenters. The van der Waals surface area contributed by atoms with Gasteiger partial charge >= 0.3 is 0 Å². The molecule has 0 saturated heterocycles. The van der Waals surface area contributed by atoms with E-state index in [4.69, 9.17) is 29.6 Å². The minimum atomic E-state index is 0.397. The molecule has 1 aliphatic carbocycles. The monoisotopic (exact) mass is 310 g/mol. The maximum Gasteiger partial charge on any atom is 0.106 e. The predicted octanol–water partition coefficient (Wildman–Crippen LogP) is 4.75. The molecule has 0 bridgehead atoms. The molecule has 2 nitrogen and oxygen atoms in total. The smallest absolute Gasteiger partial charge is 0.106 e. The van der Waals surface area contributed by atoms with Crippen molar-refractivity contribution in [3.05, 3.63) is 28.8 Å². The van der Waals surface area contributed by atoms with Crippen LogP contribution in [0.5, 0.6) is 0 Å². The van der Waals surface area contributed by atoms with Crippen LogP contribution in [-0.2, 0) is 0 Å². The minimum Gasteiger partial charge on any atom is -0.389 e. The Bertz CT molecular complexity index is 470. The average molecular weight is 311 g/mol. The highest BCUT2D eigenvalue weighted by Crippen LogP contribution is 2.31. The van der Waals surface area contributed by atoms with Crippen molar-refractivity contribution < 1.29 is 0 Å². The van der Waals surface area contributed by atoms with Gasteiger partial charge in [-0.1, -0.05) is 50.0 Å². The van der Waals surface area contributed by atoms with E-state index in [2.05, 4.69) is 12.2 Å². The lowest BCUT2D eigenvalue weighted by atomic mass is 9.82. The van der Waals surface area contributed by atoms with Crippen molar-refractivity contribution >= 4 is 34.5 Å². The van der Waals surface area contributed by atoms with Crippen LogP contribution in [0.1, 0.15) is 51.0 Å². The van der Waals surface area contributed by atoms with Crippen molar-refractivity contribution in [2.45, 2.75) is 51.5 Å². The molecule has 0 heterocycles. The van der Waals surface area contributed by atoms with Crippen molar-refractivity contribution in [1.29, 1.82) is 0 Å². The zero-order chi connectivity index (χ0) is 14.5. The molecule has 1 aromatic rings. The first-order valence-electron chi connectivity index (χ1n) is 7.47. The number of hydrogen-bond acceptors (Lipinski definition) is 2. The molecule has 1 fully saturated rings. The Kier molecular flexibility index (Phi) is 5.67. The average Bonchev–Trinajstić information content (AvgIpc) is 2.46. The van der Waals surface area contributed by atoms with Gasteiger partial charge in [0.15, 0.2) is 0 Å². The molecule has 20 heavy (non-hydrogen) atoms. The maximum atomic E-state index is 6.04. The molecule has 4 heteroatoms. The van der Waals surface area contributed by atoms with Gasteiger partial charge in [0.05, 0.1) is 0 Å². The topological polar surface area (TPSA) is 38.0 Å². The summed E-state index contributed by atoms with van der Waals surface area (Å²) in [4.78, 5) is 0.397. The van der Waals surface area contributed by atoms with Crippen LogP contribution in [0.25, 0.3) is 0 Å². The van der Waals surface area contributed by atoms with E-state index in [0.29, 0.717) is 16.1 Å². The summed E-state index contributed by atoms with van der Waals surface area (Å²) in [6.45, 7) is 2.24. The number of anilines is 1. The normalized spacial score (nSPS) is 17.7. The van der Waals surface area contributed by atoms with E-state index in [1.807, 2.05) is 18.2 Å². The fraction of sp³-hybridized carbons (Fsp3) is 0.562. The number of thiocarbonyl (C=S) groups is 1. The van der Waals surface area contributed by atoms with E-state index in [1.165, 1.54) is 32.1 Å². The molecule has 3 N–H and O–H groups in total. The molecular formula is C16H23ClN2S. The molecule has 0 aromatic heterocycles. The van der Waals surface area contributed by atoms with Crippen molar-refractivity contribution in [3.63, 3.8) is 0 Å². The van der Waals surface area contributed by atoms with Crippen molar-refractivity contribution in [3.8, 4) is 0 Å². The van der Waals surface area contributed by atoms with Gasteiger partial charge in [-0.2, -0.15) is 0 Å². The Balaban J connectivity index is 2.16. The van der Waals surface area contributed by atoms with Crippen LogP contribution in [0, 0.1) is 5.92 Å². The molecule has 1 aromatic carbocycles. The van der Waals surface area contributed by atoms with Gasteiger partial charge in [-0.3, -0.25) is 0 Å². The van der Waals surface area contributed by atoms with Gasteiger partial charge in [-0.15, -0.1) is 0 Å². The summed E-state index contributed by atoms with van der Waals surface area (Å²) >= 11 is 11.2. The molecule has 1 aliphatic rings. The number of rotatable bonds is 5. The third kappa shape index (κ3) is 3.86. The van der Waals surface area contributed by atoms with E-state index >= 15 is 0 Å². The SMILES string of the molecule is CCC(Nc1ccc(Cl)cc1C(N)=S)C1CCCCC1. The van der Waals surface area contributed by atoms with Crippen LogP contribution in [-0.4, -0.2) is 11.0 Å². The molecule has 1 atom stereocenters. The number of hydrogen-bond donors (Lipinski definition) is 2.